The SMILES string of the molecule is CCOP(=O)(OCC)OC1=CC(C)(C)CC1. The summed E-state index contributed by atoms with van der Waals surface area (Å²) in [6.07, 6.45) is 3.79. The number of allylic oxidation sites excluding steroid dienone is 2. The van der Waals surface area contributed by atoms with Crippen molar-refractivity contribution in [3.05, 3.63) is 11.8 Å². The highest BCUT2D eigenvalue weighted by Gasteiger charge is 2.32. The molecule has 0 amide bonds. The van der Waals surface area contributed by atoms with Crippen LogP contribution in [0.25, 0.3) is 0 Å². The monoisotopic (exact) mass is 248 g/mol. The average Bonchev–Trinajstić information content (AvgIpc) is 2.45. The minimum atomic E-state index is -3.39. The van der Waals surface area contributed by atoms with E-state index >= 15 is 0 Å². The highest BCUT2D eigenvalue weighted by atomic mass is 31.2. The van der Waals surface area contributed by atoms with Gasteiger partial charge in [0.2, 0.25) is 0 Å². The molecule has 0 atom stereocenters. The summed E-state index contributed by atoms with van der Waals surface area (Å²) < 4.78 is 27.6. The van der Waals surface area contributed by atoms with Gasteiger partial charge in [0.15, 0.2) is 0 Å². The Morgan fingerprint density at radius 3 is 2.25 bits per heavy atom. The molecule has 0 aromatic carbocycles. The second-order valence-corrected chi connectivity index (χ2v) is 6.07. The van der Waals surface area contributed by atoms with Crippen LogP contribution in [-0.4, -0.2) is 13.2 Å². The summed E-state index contributed by atoms with van der Waals surface area (Å²) in [6.45, 7) is 8.40. The lowest BCUT2D eigenvalue weighted by Crippen LogP contribution is -2.00. The lowest BCUT2D eigenvalue weighted by Gasteiger charge is -2.17. The molecule has 0 aliphatic heterocycles. The molecule has 0 fully saturated rings. The van der Waals surface area contributed by atoms with Gasteiger partial charge in [-0.25, -0.2) is 4.57 Å². The molecule has 4 nitrogen and oxygen atoms in total. The van der Waals surface area contributed by atoms with Crippen LogP contribution in [0.15, 0.2) is 11.8 Å². The molecule has 0 aromatic heterocycles. The van der Waals surface area contributed by atoms with E-state index in [-0.39, 0.29) is 5.41 Å². The molecular weight excluding hydrogens is 227 g/mol. The number of phosphoric acid groups is 1. The number of hydrogen-bond acceptors (Lipinski definition) is 4. The molecule has 1 rings (SSSR count). The van der Waals surface area contributed by atoms with Crippen LogP contribution in [-0.2, 0) is 18.1 Å². The topological polar surface area (TPSA) is 44.8 Å². The van der Waals surface area contributed by atoms with Gasteiger partial charge in [0.25, 0.3) is 0 Å². The van der Waals surface area contributed by atoms with Gasteiger partial charge in [0, 0.05) is 6.42 Å². The molecule has 1 aliphatic rings. The molecule has 0 radical (unpaired) electrons. The van der Waals surface area contributed by atoms with Gasteiger partial charge in [-0.3, -0.25) is 9.05 Å². The molecular formula is C11H21O4P. The smallest absolute Gasteiger partial charge is 0.409 e. The summed E-state index contributed by atoms with van der Waals surface area (Å²) in [4.78, 5) is 0. The number of phosphoric ester groups is 1. The second-order valence-electron chi connectivity index (χ2n) is 4.47. The first kappa shape index (κ1) is 13.8. The summed E-state index contributed by atoms with van der Waals surface area (Å²) in [7, 11) is -3.39. The maximum Gasteiger partial charge on any atom is 0.529 e. The van der Waals surface area contributed by atoms with Gasteiger partial charge in [-0.1, -0.05) is 13.8 Å². The van der Waals surface area contributed by atoms with Gasteiger partial charge in [0.05, 0.1) is 13.2 Å². The van der Waals surface area contributed by atoms with Crippen LogP contribution in [0.5, 0.6) is 0 Å². The minimum Gasteiger partial charge on any atom is -0.409 e. The molecule has 0 N–H and O–H groups in total. The molecule has 5 heteroatoms. The summed E-state index contributed by atoms with van der Waals surface area (Å²) in [5.41, 5.74) is 0.110. The fourth-order valence-electron chi connectivity index (χ4n) is 1.65. The van der Waals surface area contributed by atoms with Crippen molar-refractivity contribution in [1.29, 1.82) is 0 Å². The standard InChI is InChI=1S/C11H21O4P/c1-5-13-16(12,14-6-2)15-10-7-8-11(3,4)9-10/h9H,5-8H2,1-4H3. The van der Waals surface area contributed by atoms with Crippen LogP contribution < -0.4 is 0 Å². The number of hydrogen-bond donors (Lipinski definition) is 0. The molecule has 0 bridgehead atoms. The molecule has 16 heavy (non-hydrogen) atoms. The van der Waals surface area contributed by atoms with Crippen molar-refractivity contribution in [3.8, 4) is 0 Å². The third kappa shape index (κ3) is 3.93. The van der Waals surface area contributed by atoms with Crippen LogP contribution in [0.4, 0.5) is 0 Å². The van der Waals surface area contributed by atoms with Crippen molar-refractivity contribution < 1.29 is 18.1 Å². The van der Waals surface area contributed by atoms with Gasteiger partial charge in [-0.15, -0.1) is 0 Å². The van der Waals surface area contributed by atoms with E-state index in [1.54, 1.807) is 13.8 Å². The van der Waals surface area contributed by atoms with Gasteiger partial charge in [-0.05, 0) is 31.8 Å². The largest absolute Gasteiger partial charge is 0.529 e. The number of rotatable bonds is 6. The highest BCUT2D eigenvalue weighted by molar-refractivity contribution is 7.48. The van der Waals surface area contributed by atoms with E-state index in [9.17, 15) is 4.57 Å². The second kappa shape index (κ2) is 5.35. The van der Waals surface area contributed by atoms with Crippen molar-refractivity contribution in [2.45, 2.75) is 40.5 Å². The van der Waals surface area contributed by atoms with Crippen LogP contribution in [0.2, 0.25) is 0 Å². The van der Waals surface area contributed by atoms with E-state index in [1.807, 2.05) is 6.08 Å². The van der Waals surface area contributed by atoms with E-state index in [1.165, 1.54) is 0 Å². The lowest BCUT2D eigenvalue weighted by atomic mass is 9.94. The maximum atomic E-state index is 12.1. The van der Waals surface area contributed by atoms with E-state index in [0.717, 1.165) is 18.6 Å². The average molecular weight is 248 g/mol. The quantitative estimate of drug-likeness (QED) is 0.669. The highest BCUT2D eigenvalue weighted by Crippen LogP contribution is 2.53. The first-order valence-corrected chi connectivity index (χ1v) is 7.17. The predicted octanol–water partition coefficient (Wildman–Crippen LogP) is 3.89. The van der Waals surface area contributed by atoms with Crippen LogP contribution in [0, 0.1) is 5.41 Å². The zero-order valence-corrected chi connectivity index (χ0v) is 11.4. The Morgan fingerprint density at radius 1 is 1.31 bits per heavy atom. The predicted molar refractivity (Wildman–Crippen MR) is 63.0 cm³/mol. The molecule has 0 saturated heterocycles. The molecule has 0 spiro atoms. The maximum absolute atomic E-state index is 12.1. The third-order valence-electron chi connectivity index (χ3n) is 2.37. The first-order valence-electron chi connectivity index (χ1n) is 5.71. The van der Waals surface area contributed by atoms with Gasteiger partial charge >= 0.3 is 7.82 Å². The van der Waals surface area contributed by atoms with E-state index in [0.29, 0.717) is 13.2 Å². The van der Waals surface area contributed by atoms with Crippen LogP contribution >= 0.6 is 7.82 Å². The lowest BCUT2D eigenvalue weighted by molar-refractivity contribution is 0.144. The Kier molecular flexibility index (Phi) is 4.60. The van der Waals surface area contributed by atoms with Crippen molar-refractivity contribution in [1.82, 2.24) is 0 Å². The Hall–Kier alpha value is -0.310. The molecule has 0 aromatic rings. The summed E-state index contributed by atoms with van der Waals surface area (Å²) in [6, 6.07) is 0. The van der Waals surface area contributed by atoms with Crippen molar-refractivity contribution in [2.24, 2.45) is 5.41 Å². The van der Waals surface area contributed by atoms with Gasteiger partial charge in [0.1, 0.15) is 5.76 Å². The Balaban J connectivity index is 2.66. The Labute approximate surface area is 97.6 Å². The summed E-state index contributed by atoms with van der Waals surface area (Å²) in [5, 5.41) is 0. The third-order valence-corrected chi connectivity index (χ3v) is 3.98. The zero-order valence-electron chi connectivity index (χ0n) is 10.5. The Bertz CT molecular complexity index is 299. The summed E-state index contributed by atoms with van der Waals surface area (Å²) >= 11 is 0. The van der Waals surface area contributed by atoms with Gasteiger partial charge in [-0.2, -0.15) is 0 Å². The van der Waals surface area contributed by atoms with E-state index < -0.39 is 7.82 Å². The van der Waals surface area contributed by atoms with E-state index in [2.05, 4.69) is 13.8 Å². The van der Waals surface area contributed by atoms with Crippen molar-refractivity contribution in [3.63, 3.8) is 0 Å². The molecule has 1 aliphatic carbocycles. The van der Waals surface area contributed by atoms with Crippen molar-refractivity contribution in [2.75, 3.05) is 13.2 Å². The fourth-order valence-corrected chi connectivity index (χ4v) is 2.89. The fraction of sp³-hybridized carbons (Fsp3) is 0.818. The zero-order chi connectivity index (χ0) is 12.2. The molecule has 0 saturated carbocycles. The van der Waals surface area contributed by atoms with Crippen LogP contribution in [0.1, 0.15) is 40.5 Å². The minimum absolute atomic E-state index is 0.110. The molecule has 94 valence electrons. The summed E-state index contributed by atoms with van der Waals surface area (Å²) in [5.74, 6) is 0.718. The normalized spacial score (nSPS) is 19.6. The molecule has 0 heterocycles. The van der Waals surface area contributed by atoms with Crippen LogP contribution in [0.3, 0.4) is 0 Å². The molecule has 0 unspecified atom stereocenters. The van der Waals surface area contributed by atoms with Crippen molar-refractivity contribution >= 4 is 7.82 Å². The van der Waals surface area contributed by atoms with Gasteiger partial charge < -0.3 is 4.52 Å². The first-order chi connectivity index (χ1) is 7.41. The van der Waals surface area contributed by atoms with E-state index in [4.69, 9.17) is 13.6 Å². The Morgan fingerprint density at radius 2 is 1.88 bits per heavy atom.